The van der Waals surface area contributed by atoms with Gasteiger partial charge in [0.1, 0.15) is 11.0 Å². The molecule has 0 fully saturated rings. The number of hydrogen-bond donors (Lipinski definition) is 3. The number of rotatable bonds is 11. The van der Waals surface area contributed by atoms with Crippen molar-refractivity contribution >= 4 is 51.6 Å². The maximum Gasteiger partial charge on any atom is 0.407 e. The van der Waals surface area contributed by atoms with E-state index in [0.29, 0.717) is 17.8 Å². The van der Waals surface area contributed by atoms with Gasteiger partial charge in [-0.2, -0.15) is 0 Å². The van der Waals surface area contributed by atoms with Crippen molar-refractivity contribution in [2.24, 2.45) is 0 Å². The summed E-state index contributed by atoms with van der Waals surface area (Å²) in [6.45, 7) is 0. The summed E-state index contributed by atoms with van der Waals surface area (Å²) in [6, 6.07) is 18.8. The zero-order valence-corrected chi connectivity index (χ0v) is 22.7. The molecule has 9 nitrogen and oxygen atoms in total. The molecular formula is C26H25N4O5S3-. The average molecular weight is 570 g/mol. The van der Waals surface area contributed by atoms with Crippen molar-refractivity contribution in [3.63, 3.8) is 0 Å². The number of nitrogens with one attached hydrogen (secondary N) is 3. The molecule has 3 atom stereocenters. The molecule has 3 unspecified atom stereocenters. The van der Waals surface area contributed by atoms with Crippen molar-refractivity contribution < 1.29 is 23.1 Å². The number of ether oxygens (including phenoxy) is 1. The zero-order valence-electron chi connectivity index (χ0n) is 20.3. The number of thiophene rings is 1. The fourth-order valence-corrected chi connectivity index (χ4v) is 5.78. The number of amides is 2. The highest BCUT2D eigenvalue weighted by molar-refractivity contribution is 7.80. The molecule has 2 amide bonds. The van der Waals surface area contributed by atoms with Crippen LogP contribution >= 0.6 is 22.7 Å². The molecule has 198 valence electrons. The standard InChI is InChI=1S/C26H26N4O5S3/c1-35-26(32)29-21(15-17-6-3-2-4-7-17)24(31)27-20(14-18-9-11-19(12-10-18)30-38(33)34)22-16-37-25(28-22)23-8-5-13-36-23/h2-13,16,20-21,30H,14-15H2,1H3,(H,27,31)(H,29,32)(H,33,34)/p-1. The number of carbonyl (C=O) groups excluding carboxylic acids is 2. The van der Waals surface area contributed by atoms with Crippen LogP contribution in [0.2, 0.25) is 0 Å². The van der Waals surface area contributed by atoms with Gasteiger partial charge in [-0.1, -0.05) is 48.5 Å². The smallest absolute Gasteiger partial charge is 0.407 e. The summed E-state index contributed by atoms with van der Waals surface area (Å²) < 4.78 is 28.9. The molecule has 0 saturated heterocycles. The number of benzene rings is 2. The fourth-order valence-electron chi connectivity index (χ4n) is 3.76. The topological polar surface area (TPSA) is 132 Å². The number of methoxy groups -OCH3 is 1. The van der Waals surface area contributed by atoms with Gasteiger partial charge in [-0.3, -0.25) is 9.00 Å². The first-order chi connectivity index (χ1) is 18.4. The number of alkyl carbamates (subject to hydrolysis) is 1. The number of aromatic nitrogens is 1. The Balaban J connectivity index is 1.58. The minimum absolute atomic E-state index is 0.276. The first-order valence-electron chi connectivity index (χ1n) is 11.5. The molecule has 2 heterocycles. The summed E-state index contributed by atoms with van der Waals surface area (Å²) >= 11 is 0.649. The van der Waals surface area contributed by atoms with Gasteiger partial charge in [-0.15, -0.1) is 22.7 Å². The number of thiazole rings is 1. The first kappa shape index (κ1) is 27.5. The number of anilines is 1. The van der Waals surface area contributed by atoms with Crippen LogP contribution < -0.4 is 15.4 Å². The second-order valence-electron chi connectivity index (χ2n) is 8.23. The lowest BCUT2D eigenvalue weighted by Crippen LogP contribution is -2.49. The van der Waals surface area contributed by atoms with Crippen LogP contribution in [0.15, 0.2) is 77.5 Å². The molecule has 3 N–H and O–H groups in total. The van der Waals surface area contributed by atoms with Crippen molar-refractivity contribution in [3.05, 3.63) is 94.3 Å². The third kappa shape index (κ3) is 7.71. The van der Waals surface area contributed by atoms with Gasteiger partial charge in [0.05, 0.1) is 23.7 Å². The fraction of sp³-hybridized carbons (Fsp3) is 0.192. The Hall–Kier alpha value is -3.58. The van der Waals surface area contributed by atoms with E-state index in [1.54, 1.807) is 35.6 Å². The summed E-state index contributed by atoms with van der Waals surface area (Å²) in [5.74, 6) is -0.380. The van der Waals surface area contributed by atoms with Crippen molar-refractivity contribution in [1.82, 2.24) is 15.6 Å². The lowest BCUT2D eigenvalue weighted by molar-refractivity contribution is -0.123. The molecule has 0 spiro atoms. The Morgan fingerprint density at radius 3 is 2.37 bits per heavy atom. The molecule has 0 aliphatic rings. The summed E-state index contributed by atoms with van der Waals surface area (Å²) in [6.07, 6.45) is -0.0279. The molecule has 2 aromatic heterocycles. The minimum Gasteiger partial charge on any atom is -0.755 e. The molecule has 0 radical (unpaired) electrons. The zero-order chi connectivity index (χ0) is 26.9. The second kappa shape index (κ2) is 13.3. The molecule has 0 saturated carbocycles. The maximum atomic E-state index is 13.5. The molecule has 0 bridgehead atoms. The van der Waals surface area contributed by atoms with Crippen molar-refractivity contribution in [2.75, 3.05) is 11.8 Å². The van der Waals surface area contributed by atoms with Crippen LogP contribution in [0.4, 0.5) is 10.5 Å². The molecule has 4 aromatic rings. The van der Waals surface area contributed by atoms with Crippen LogP contribution in [0.1, 0.15) is 22.9 Å². The third-order valence-corrected chi connectivity index (χ3v) is 7.90. The highest BCUT2D eigenvalue weighted by Gasteiger charge is 2.26. The molecular weight excluding hydrogens is 545 g/mol. The minimum atomic E-state index is -2.42. The first-order valence-corrected chi connectivity index (χ1v) is 14.4. The maximum absolute atomic E-state index is 13.5. The number of hydrogen-bond acceptors (Lipinski definition) is 8. The highest BCUT2D eigenvalue weighted by Crippen LogP contribution is 2.31. The van der Waals surface area contributed by atoms with Gasteiger partial charge in [0, 0.05) is 28.8 Å². The van der Waals surface area contributed by atoms with Crippen LogP contribution in [0.5, 0.6) is 0 Å². The van der Waals surface area contributed by atoms with E-state index in [1.807, 2.05) is 53.2 Å². The quantitative estimate of drug-likeness (QED) is 0.229. The van der Waals surface area contributed by atoms with Gasteiger partial charge in [0.15, 0.2) is 0 Å². The lowest BCUT2D eigenvalue weighted by atomic mass is 10.0. The van der Waals surface area contributed by atoms with Crippen LogP contribution in [0, 0.1) is 0 Å². The van der Waals surface area contributed by atoms with Gasteiger partial charge in [-0.05, 0) is 41.1 Å². The van der Waals surface area contributed by atoms with Crippen LogP contribution in [0.3, 0.4) is 0 Å². The molecule has 0 aliphatic carbocycles. The monoisotopic (exact) mass is 569 g/mol. The van der Waals surface area contributed by atoms with Crippen LogP contribution in [-0.4, -0.2) is 38.9 Å². The van der Waals surface area contributed by atoms with E-state index in [1.165, 1.54) is 18.4 Å². The SMILES string of the molecule is COC(=O)NC(Cc1ccccc1)C(=O)NC(Cc1ccc(NS(=O)[O-])cc1)c1csc(-c2cccs2)n1. The Morgan fingerprint density at radius 2 is 1.71 bits per heavy atom. The molecule has 2 aromatic carbocycles. The normalized spacial score (nSPS) is 13.2. The summed E-state index contributed by atoms with van der Waals surface area (Å²) in [5.41, 5.74) is 2.87. The molecule has 4 rings (SSSR count). The van der Waals surface area contributed by atoms with Gasteiger partial charge in [-0.25, -0.2) is 9.78 Å². The number of nitrogens with zero attached hydrogens (tertiary/aromatic N) is 1. The Bertz CT molecular complexity index is 1360. The molecule has 38 heavy (non-hydrogen) atoms. The van der Waals surface area contributed by atoms with E-state index in [0.717, 1.165) is 21.0 Å². The summed E-state index contributed by atoms with van der Waals surface area (Å²) in [7, 11) is 1.25. The van der Waals surface area contributed by atoms with E-state index >= 15 is 0 Å². The molecule has 12 heteroatoms. The van der Waals surface area contributed by atoms with E-state index in [-0.39, 0.29) is 12.3 Å². The predicted molar refractivity (Wildman–Crippen MR) is 148 cm³/mol. The number of carbonyl (C=O) groups is 2. The van der Waals surface area contributed by atoms with Gasteiger partial charge < -0.3 is 24.6 Å². The third-order valence-electron chi connectivity index (χ3n) is 5.60. The largest absolute Gasteiger partial charge is 0.755 e. The Labute approximate surface area is 230 Å². The van der Waals surface area contributed by atoms with Crippen LogP contribution in [0.25, 0.3) is 9.88 Å². The van der Waals surface area contributed by atoms with E-state index < -0.39 is 29.4 Å². The lowest BCUT2D eigenvalue weighted by Gasteiger charge is -2.23. The van der Waals surface area contributed by atoms with Crippen molar-refractivity contribution in [3.8, 4) is 9.88 Å². The second-order valence-corrected chi connectivity index (χ2v) is 10.7. The average Bonchev–Trinajstić information content (AvgIpc) is 3.62. The van der Waals surface area contributed by atoms with E-state index in [9.17, 15) is 18.4 Å². The molecule has 0 aliphatic heterocycles. The van der Waals surface area contributed by atoms with Crippen molar-refractivity contribution in [2.45, 2.75) is 24.9 Å². The van der Waals surface area contributed by atoms with Gasteiger partial charge >= 0.3 is 6.09 Å². The Morgan fingerprint density at radius 1 is 0.974 bits per heavy atom. The Kier molecular flexibility index (Phi) is 9.60. The van der Waals surface area contributed by atoms with E-state index in [2.05, 4.69) is 15.4 Å². The predicted octanol–water partition coefficient (Wildman–Crippen LogP) is 4.44. The summed E-state index contributed by atoms with van der Waals surface area (Å²) in [4.78, 5) is 31.4. The van der Waals surface area contributed by atoms with Gasteiger partial charge in [0.25, 0.3) is 0 Å². The summed E-state index contributed by atoms with van der Waals surface area (Å²) in [5, 5.41) is 10.4. The van der Waals surface area contributed by atoms with Crippen molar-refractivity contribution in [1.29, 1.82) is 0 Å². The van der Waals surface area contributed by atoms with Crippen LogP contribution in [-0.2, 0) is 33.6 Å². The van der Waals surface area contributed by atoms with E-state index in [4.69, 9.17) is 9.72 Å². The highest BCUT2D eigenvalue weighted by atomic mass is 32.2. The van der Waals surface area contributed by atoms with Gasteiger partial charge in [0.2, 0.25) is 5.91 Å².